The Balaban J connectivity index is 1.21. The maximum Gasteiger partial charge on any atom is 0.0649 e. The Morgan fingerprint density at radius 2 is 1.39 bits per heavy atom. The minimum absolute atomic E-state index is 0.434. The van der Waals surface area contributed by atoms with E-state index in [-0.39, 0.29) is 0 Å². The van der Waals surface area contributed by atoms with Crippen LogP contribution < -0.4 is 0 Å². The predicted molar refractivity (Wildman–Crippen MR) is 95.9 cm³/mol. The zero-order valence-corrected chi connectivity index (χ0v) is 13.3. The van der Waals surface area contributed by atoms with E-state index in [0.29, 0.717) is 12.0 Å². The quantitative estimate of drug-likeness (QED) is 0.723. The molecule has 2 fully saturated rings. The monoisotopic (exact) mass is 302 g/mol. The lowest BCUT2D eigenvalue weighted by Crippen LogP contribution is -2.25. The molecule has 0 spiro atoms. The lowest BCUT2D eigenvalue weighted by Gasteiger charge is -2.29. The zero-order valence-electron chi connectivity index (χ0n) is 13.3. The highest BCUT2D eigenvalue weighted by Crippen LogP contribution is 2.41. The molecule has 116 valence electrons. The van der Waals surface area contributed by atoms with E-state index in [9.17, 15) is 0 Å². The molecule has 0 bridgehead atoms. The van der Waals surface area contributed by atoms with Gasteiger partial charge in [-0.15, -0.1) is 0 Å². The Kier molecular flexibility index (Phi) is 4.12. The Bertz CT molecular complexity index is 704. The van der Waals surface area contributed by atoms with Gasteiger partial charge < -0.3 is 4.74 Å². The smallest absolute Gasteiger partial charge is 0.0649 e. The molecule has 23 heavy (non-hydrogen) atoms. The lowest BCUT2D eigenvalue weighted by molar-refractivity contribution is 0.0242. The highest BCUT2D eigenvalue weighted by molar-refractivity contribution is 5.57. The number of hydrogen-bond acceptors (Lipinski definition) is 1. The van der Waals surface area contributed by atoms with Crippen LogP contribution >= 0.6 is 0 Å². The third kappa shape index (κ3) is 3.80. The number of ether oxygens (including phenoxy) is 1. The van der Waals surface area contributed by atoms with E-state index in [0.717, 1.165) is 19.4 Å². The number of rotatable bonds is 5. The van der Waals surface area contributed by atoms with Gasteiger partial charge in [-0.3, -0.25) is 0 Å². The van der Waals surface area contributed by atoms with Crippen LogP contribution in [-0.2, 0) is 4.74 Å². The summed E-state index contributed by atoms with van der Waals surface area (Å²) in [5, 5.41) is 0. The van der Waals surface area contributed by atoms with Crippen LogP contribution in [0.15, 0.2) is 71.8 Å². The highest BCUT2D eigenvalue weighted by atomic mass is 16.5. The van der Waals surface area contributed by atoms with Gasteiger partial charge in [0, 0.05) is 5.92 Å². The van der Waals surface area contributed by atoms with Crippen LogP contribution in [0.2, 0.25) is 0 Å². The third-order valence-corrected chi connectivity index (χ3v) is 4.68. The second-order valence-corrected chi connectivity index (χ2v) is 6.61. The Morgan fingerprint density at radius 1 is 0.783 bits per heavy atom. The van der Waals surface area contributed by atoms with Crippen molar-refractivity contribution in [1.82, 2.24) is 0 Å². The average Bonchev–Trinajstić information content (AvgIpc) is 3.29. The van der Waals surface area contributed by atoms with Gasteiger partial charge in [0.25, 0.3) is 0 Å². The van der Waals surface area contributed by atoms with Gasteiger partial charge in [-0.25, -0.2) is 0 Å². The first-order valence-corrected chi connectivity index (χ1v) is 8.48. The average molecular weight is 302 g/mol. The molecule has 2 aromatic carbocycles. The van der Waals surface area contributed by atoms with Gasteiger partial charge in [0.15, 0.2) is 0 Å². The SMILES string of the molecule is C(=C1CC(OCC2C/C2=C/c2ccccc2)C1)c1ccccc1. The molecular weight excluding hydrogens is 280 g/mol. The lowest BCUT2D eigenvalue weighted by atomic mass is 9.87. The van der Waals surface area contributed by atoms with Crippen molar-refractivity contribution in [3.05, 3.63) is 82.9 Å². The molecule has 0 aliphatic heterocycles. The van der Waals surface area contributed by atoms with Gasteiger partial charge in [0.05, 0.1) is 12.7 Å². The molecule has 4 rings (SSSR count). The fourth-order valence-corrected chi connectivity index (χ4v) is 3.13. The predicted octanol–water partition coefficient (Wildman–Crippen LogP) is 5.35. The van der Waals surface area contributed by atoms with Gasteiger partial charge >= 0.3 is 0 Å². The Labute approximate surface area is 138 Å². The zero-order chi connectivity index (χ0) is 15.5. The Morgan fingerprint density at radius 3 is 2.04 bits per heavy atom. The summed E-state index contributed by atoms with van der Waals surface area (Å²) in [6.45, 7) is 0.891. The topological polar surface area (TPSA) is 9.23 Å². The first-order valence-electron chi connectivity index (χ1n) is 8.48. The number of hydrogen-bond donors (Lipinski definition) is 0. The van der Waals surface area contributed by atoms with E-state index >= 15 is 0 Å². The maximum absolute atomic E-state index is 6.06. The molecule has 1 nitrogen and oxygen atoms in total. The van der Waals surface area contributed by atoms with E-state index in [1.165, 1.54) is 28.7 Å². The molecule has 0 amide bonds. The molecule has 0 radical (unpaired) electrons. The van der Waals surface area contributed by atoms with Gasteiger partial charge in [0.1, 0.15) is 0 Å². The molecular formula is C22H22O. The summed E-state index contributed by atoms with van der Waals surface area (Å²) in [6, 6.07) is 21.1. The van der Waals surface area contributed by atoms with Gasteiger partial charge in [-0.2, -0.15) is 0 Å². The minimum Gasteiger partial charge on any atom is -0.377 e. The van der Waals surface area contributed by atoms with Crippen molar-refractivity contribution in [1.29, 1.82) is 0 Å². The standard InChI is InChI=1S/C22H22O/c1-3-7-17(8-4-1)11-19-13-22(14-19)23-16-21-15-20(21)12-18-9-5-2-6-10-18/h1-12,21-22H,13-16H2/b19-11?,20-12-. The van der Waals surface area contributed by atoms with Crippen LogP contribution in [0.5, 0.6) is 0 Å². The number of benzene rings is 2. The van der Waals surface area contributed by atoms with Crippen LogP contribution in [-0.4, -0.2) is 12.7 Å². The second kappa shape index (κ2) is 6.55. The molecule has 0 N–H and O–H groups in total. The molecule has 0 saturated heterocycles. The van der Waals surface area contributed by atoms with E-state index < -0.39 is 0 Å². The van der Waals surface area contributed by atoms with Crippen molar-refractivity contribution in [2.24, 2.45) is 5.92 Å². The highest BCUT2D eigenvalue weighted by Gasteiger charge is 2.32. The van der Waals surface area contributed by atoms with E-state index in [1.54, 1.807) is 0 Å². The summed E-state index contributed by atoms with van der Waals surface area (Å²) in [7, 11) is 0. The second-order valence-electron chi connectivity index (χ2n) is 6.61. The summed E-state index contributed by atoms with van der Waals surface area (Å²) < 4.78 is 6.06. The van der Waals surface area contributed by atoms with Gasteiger partial charge in [-0.05, 0) is 30.4 Å². The molecule has 2 aromatic rings. The molecule has 1 unspecified atom stereocenters. The Hall–Kier alpha value is -2.12. The van der Waals surface area contributed by atoms with Crippen molar-refractivity contribution in [3.8, 4) is 0 Å². The molecule has 0 aromatic heterocycles. The van der Waals surface area contributed by atoms with Crippen molar-refractivity contribution >= 4 is 12.2 Å². The molecule has 2 aliphatic rings. The van der Waals surface area contributed by atoms with Crippen molar-refractivity contribution in [3.63, 3.8) is 0 Å². The van der Waals surface area contributed by atoms with Crippen LogP contribution in [0.3, 0.4) is 0 Å². The van der Waals surface area contributed by atoms with E-state index in [4.69, 9.17) is 4.74 Å². The fourth-order valence-electron chi connectivity index (χ4n) is 3.13. The first kappa shape index (κ1) is 14.5. The van der Waals surface area contributed by atoms with Gasteiger partial charge in [-0.1, -0.05) is 84.0 Å². The van der Waals surface area contributed by atoms with E-state index in [2.05, 4.69) is 72.8 Å². The van der Waals surface area contributed by atoms with E-state index in [1.807, 2.05) is 0 Å². The first-order chi connectivity index (χ1) is 11.4. The molecule has 1 atom stereocenters. The van der Waals surface area contributed by atoms with Crippen molar-refractivity contribution < 1.29 is 4.74 Å². The van der Waals surface area contributed by atoms with Crippen molar-refractivity contribution in [2.75, 3.05) is 6.61 Å². The minimum atomic E-state index is 0.434. The molecule has 1 heteroatoms. The van der Waals surface area contributed by atoms with Crippen LogP contribution in [0, 0.1) is 5.92 Å². The molecule has 2 saturated carbocycles. The fraction of sp³-hybridized carbons (Fsp3) is 0.273. The van der Waals surface area contributed by atoms with Crippen molar-refractivity contribution in [2.45, 2.75) is 25.4 Å². The third-order valence-electron chi connectivity index (χ3n) is 4.68. The summed E-state index contributed by atoms with van der Waals surface area (Å²) in [5.74, 6) is 0.650. The molecule has 0 heterocycles. The van der Waals surface area contributed by atoms with Gasteiger partial charge in [0.2, 0.25) is 0 Å². The largest absolute Gasteiger partial charge is 0.377 e. The van der Waals surface area contributed by atoms with Crippen LogP contribution in [0.1, 0.15) is 30.4 Å². The van der Waals surface area contributed by atoms with Crippen LogP contribution in [0.4, 0.5) is 0 Å². The summed E-state index contributed by atoms with van der Waals surface area (Å²) >= 11 is 0. The molecule has 2 aliphatic carbocycles. The summed E-state index contributed by atoms with van der Waals surface area (Å²) in [5.41, 5.74) is 5.66. The normalized spacial score (nSPS) is 24.3. The summed E-state index contributed by atoms with van der Waals surface area (Å²) in [4.78, 5) is 0. The summed E-state index contributed by atoms with van der Waals surface area (Å²) in [6.07, 6.45) is 8.45. The van der Waals surface area contributed by atoms with Crippen LogP contribution in [0.25, 0.3) is 12.2 Å². The maximum atomic E-state index is 6.06.